The van der Waals surface area contributed by atoms with Crippen molar-refractivity contribution < 1.29 is 13.2 Å². The molecule has 2 aromatic carbocycles. The van der Waals surface area contributed by atoms with Crippen LogP contribution in [0.4, 0.5) is 5.69 Å². The van der Waals surface area contributed by atoms with Crippen molar-refractivity contribution in [2.45, 2.75) is 63.8 Å². The number of carbonyl (C=O) groups excluding carboxylic acids is 1. The van der Waals surface area contributed by atoms with Crippen molar-refractivity contribution >= 4 is 33.2 Å². The Morgan fingerprint density at radius 3 is 2.33 bits per heavy atom. The number of nitrogens with zero attached hydrogens (tertiary/aromatic N) is 1. The number of hydrogen-bond donors (Lipinski definition) is 1. The molecule has 0 aromatic heterocycles. The average Bonchev–Trinajstić information content (AvgIpc) is 3.37. The Morgan fingerprint density at radius 2 is 1.76 bits per heavy atom. The van der Waals surface area contributed by atoms with Crippen LogP contribution in [0.2, 0.25) is 5.02 Å². The third kappa shape index (κ3) is 5.38. The smallest absolute Gasteiger partial charge is 0.264 e. The summed E-state index contributed by atoms with van der Waals surface area (Å²) in [7, 11) is -3.86. The van der Waals surface area contributed by atoms with Gasteiger partial charge >= 0.3 is 0 Å². The van der Waals surface area contributed by atoms with Crippen LogP contribution in [0, 0.1) is 31.6 Å². The van der Waals surface area contributed by atoms with E-state index in [2.05, 4.69) is 12.2 Å². The fraction of sp³-hybridized carbons (Fsp3) is 0.500. The maximum absolute atomic E-state index is 13.5. The third-order valence-electron chi connectivity index (χ3n) is 7.26. The largest absolute Gasteiger partial charge is 0.353 e. The second kappa shape index (κ2) is 9.67. The number of anilines is 1. The topological polar surface area (TPSA) is 66.5 Å². The molecule has 7 heteroatoms. The van der Waals surface area contributed by atoms with Gasteiger partial charge in [-0.3, -0.25) is 9.10 Å². The Bertz CT molecular complexity index is 1100. The molecule has 2 aromatic rings. The highest BCUT2D eigenvalue weighted by molar-refractivity contribution is 7.92. The number of halogens is 1. The SMILES string of the molecule is Cc1cc(C)cc(N(CCC(=O)N[C@H](C)[C@H]2C[C@H]3CC[C@H]2C3)S(=O)(=O)c2ccc(Cl)cc2)c1. The number of sulfonamides is 1. The van der Waals surface area contributed by atoms with Gasteiger partial charge in [0.05, 0.1) is 10.6 Å². The second-order valence-electron chi connectivity index (χ2n) is 9.82. The van der Waals surface area contributed by atoms with Gasteiger partial charge in [-0.25, -0.2) is 8.42 Å². The van der Waals surface area contributed by atoms with Crippen molar-refractivity contribution in [2.75, 3.05) is 10.8 Å². The summed E-state index contributed by atoms with van der Waals surface area (Å²) < 4.78 is 28.4. The Balaban J connectivity index is 1.51. The third-order valence-corrected chi connectivity index (χ3v) is 9.36. The number of benzene rings is 2. The number of hydrogen-bond acceptors (Lipinski definition) is 3. The van der Waals surface area contributed by atoms with Crippen molar-refractivity contribution in [2.24, 2.45) is 17.8 Å². The van der Waals surface area contributed by atoms with Crippen LogP contribution in [-0.4, -0.2) is 26.9 Å². The zero-order chi connectivity index (χ0) is 23.8. The molecule has 4 atom stereocenters. The summed E-state index contributed by atoms with van der Waals surface area (Å²) >= 11 is 5.97. The molecule has 0 unspecified atom stereocenters. The number of nitrogens with one attached hydrogen (secondary N) is 1. The molecule has 0 heterocycles. The summed E-state index contributed by atoms with van der Waals surface area (Å²) in [5, 5.41) is 3.63. The molecule has 33 heavy (non-hydrogen) atoms. The standard InChI is InChI=1S/C26H33ClN2O3S/c1-17-12-18(2)14-23(13-17)29(33(31,32)24-8-6-22(27)7-9-24)11-10-26(30)28-19(3)25-16-20-4-5-21(25)15-20/h6-9,12-14,19-21,25H,4-5,10-11,15-16H2,1-3H3,(H,28,30)/t19-,20+,21+,25-/m1/s1. The van der Waals surface area contributed by atoms with E-state index in [0.29, 0.717) is 16.6 Å². The summed E-state index contributed by atoms with van der Waals surface area (Å²) in [4.78, 5) is 13.0. The second-order valence-corrected chi connectivity index (χ2v) is 12.1. The molecular formula is C26H33ClN2O3S. The minimum atomic E-state index is -3.86. The van der Waals surface area contributed by atoms with E-state index < -0.39 is 10.0 Å². The lowest BCUT2D eigenvalue weighted by Gasteiger charge is -2.29. The zero-order valence-corrected chi connectivity index (χ0v) is 21.1. The van der Waals surface area contributed by atoms with Crippen LogP contribution in [-0.2, 0) is 14.8 Å². The Kier molecular flexibility index (Phi) is 7.06. The van der Waals surface area contributed by atoms with Crippen LogP contribution < -0.4 is 9.62 Å². The number of rotatable bonds is 8. The Labute approximate surface area is 202 Å². The average molecular weight is 489 g/mol. The van der Waals surface area contributed by atoms with Crippen molar-refractivity contribution in [3.8, 4) is 0 Å². The first kappa shape index (κ1) is 24.1. The van der Waals surface area contributed by atoms with Crippen molar-refractivity contribution in [1.82, 2.24) is 5.32 Å². The predicted molar refractivity (Wildman–Crippen MR) is 133 cm³/mol. The normalized spacial score (nSPS) is 22.8. The van der Waals surface area contributed by atoms with Gasteiger partial charge in [-0.2, -0.15) is 0 Å². The molecule has 0 radical (unpaired) electrons. The van der Waals surface area contributed by atoms with Crippen LogP contribution in [0.15, 0.2) is 47.4 Å². The number of amides is 1. The zero-order valence-electron chi connectivity index (χ0n) is 19.6. The van der Waals surface area contributed by atoms with Crippen LogP contribution in [0.1, 0.15) is 50.2 Å². The summed E-state index contributed by atoms with van der Waals surface area (Å²) in [5.74, 6) is 1.98. The highest BCUT2D eigenvalue weighted by atomic mass is 35.5. The minimum absolute atomic E-state index is 0.0725. The molecule has 2 bridgehead atoms. The van der Waals surface area contributed by atoms with Gasteiger partial charge in [0.25, 0.3) is 10.0 Å². The van der Waals surface area contributed by atoms with Crippen molar-refractivity contribution in [3.05, 3.63) is 58.6 Å². The summed E-state index contributed by atoms with van der Waals surface area (Å²) in [6.07, 6.45) is 5.20. The van der Waals surface area contributed by atoms with Gasteiger partial charge in [0.15, 0.2) is 0 Å². The van der Waals surface area contributed by atoms with Gasteiger partial charge in [-0.05, 0) is 105 Å². The Morgan fingerprint density at radius 1 is 1.09 bits per heavy atom. The summed E-state index contributed by atoms with van der Waals surface area (Å²) in [6.45, 7) is 6.04. The molecule has 178 valence electrons. The molecule has 1 N–H and O–H groups in total. The summed E-state index contributed by atoms with van der Waals surface area (Å²) in [6, 6.07) is 12.0. The fourth-order valence-electron chi connectivity index (χ4n) is 5.76. The maximum Gasteiger partial charge on any atom is 0.264 e. The van der Waals surface area contributed by atoms with E-state index in [1.807, 2.05) is 32.0 Å². The van der Waals surface area contributed by atoms with E-state index in [0.717, 1.165) is 23.0 Å². The number of aryl methyl sites for hydroxylation is 2. The van der Waals surface area contributed by atoms with Gasteiger partial charge in [-0.15, -0.1) is 0 Å². The van der Waals surface area contributed by atoms with Gasteiger partial charge in [0, 0.05) is 24.0 Å². The molecule has 2 aliphatic carbocycles. The van der Waals surface area contributed by atoms with Gasteiger partial charge in [0.2, 0.25) is 5.91 Å². The minimum Gasteiger partial charge on any atom is -0.353 e. The molecule has 0 saturated heterocycles. The molecule has 2 aliphatic rings. The van der Waals surface area contributed by atoms with E-state index in [4.69, 9.17) is 11.6 Å². The van der Waals surface area contributed by atoms with Crippen LogP contribution >= 0.6 is 11.6 Å². The molecule has 5 nitrogen and oxygen atoms in total. The molecule has 0 spiro atoms. The molecule has 1 amide bonds. The van der Waals surface area contributed by atoms with Gasteiger partial charge in [-0.1, -0.05) is 24.1 Å². The van der Waals surface area contributed by atoms with Crippen molar-refractivity contribution in [1.29, 1.82) is 0 Å². The molecule has 2 fully saturated rings. The number of carbonyl (C=O) groups is 1. The quantitative estimate of drug-likeness (QED) is 0.534. The molecule has 2 saturated carbocycles. The summed E-state index contributed by atoms with van der Waals surface area (Å²) in [5.41, 5.74) is 2.50. The molecule has 4 rings (SSSR count). The lowest BCUT2D eigenvalue weighted by molar-refractivity contribution is -0.121. The van der Waals surface area contributed by atoms with E-state index in [9.17, 15) is 13.2 Å². The maximum atomic E-state index is 13.5. The van der Waals surface area contributed by atoms with Crippen molar-refractivity contribution in [3.63, 3.8) is 0 Å². The lowest BCUT2D eigenvalue weighted by Crippen LogP contribution is -2.42. The monoisotopic (exact) mass is 488 g/mol. The first-order chi connectivity index (χ1) is 15.6. The Hall–Kier alpha value is -2.05. The highest BCUT2D eigenvalue weighted by Gasteiger charge is 2.42. The predicted octanol–water partition coefficient (Wildman–Crippen LogP) is 5.48. The van der Waals surface area contributed by atoms with Crippen LogP contribution in [0.25, 0.3) is 0 Å². The van der Waals surface area contributed by atoms with Crippen LogP contribution in [0.3, 0.4) is 0 Å². The first-order valence-electron chi connectivity index (χ1n) is 11.8. The van der Waals surface area contributed by atoms with Crippen LogP contribution in [0.5, 0.6) is 0 Å². The van der Waals surface area contributed by atoms with E-state index in [1.165, 1.54) is 42.1 Å². The lowest BCUT2D eigenvalue weighted by atomic mass is 9.84. The number of fused-ring (bicyclic) bond motifs is 2. The van der Waals surface area contributed by atoms with E-state index >= 15 is 0 Å². The highest BCUT2D eigenvalue weighted by Crippen LogP contribution is 2.49. The fourth-order valence-corrected chi connectivity index (χ4v) is 7.33. The van der Waals surface area contributed by atoms with E-state index in [1.54, 1.807) is 12.1 Å². The molecule has 0 aliphatic heterocycles. The first-order valence-corrected chi connectivity index (χ1v) is 13.6. The molecular weight excluding hydrogens is 456 g/mol. The van der Waals surface area contributed by atoms with Gasteiger partial charge in [0.1, 0.15) is 0 Å². The van der Waals surface area contributed by atoms with E-state index in [-0.39, 0.29) is 29.8 Å². The van der Waals surface area contributed by atoms with Gasteiger partial charge < -0.3 is 5.32 Å².